The van der Waals surface area contributed by atoms with Gasteiger partial charge in [0.05, 0.1) is 11.8 Å². The van der Waals surface area contributed by atoms with Crippen LogP contribution >= 0.6 is 0 Å². The number of benzene rings is 1. The molecule has 0 radical (unpaired) electrons. The number of carboxylic acids is 1. The van der Waals surface area contributed by atoms with Gasteiger partial charge in [0.2, 0.25) is 11.8 Å². The summed E-state index contributed by atoms with van der Waals surface area (Å²) in [5.74, 6) is -2.47. The van der Waals surface area contributed by atoms with Crippen LogP contribution in [0, 0.1) is 18.8 Å². The van der Waals surface area contributed by atoms with E-state index in [0.717, 1.165) is 5.56 Å². The van der Waals surface area contributed by atoms with Gasteiger partial charge in [-0.1, -0.05) is 6.07 Å². The maximum atomic E-state index is 12.1. The number of hydrogen-bond donors (Lipinski definition) is 3. The normalized spacial score (nSPS) is 20.3. The Balaban J connectivity index is 2.10. The maximum Gasteiger partial charge on any atom is 0.307 e. The second kappa shape index (κ2) is 5.95. The van der Waals surface area contributed by atoms with Crippen molar-refractivity contribution in [1.29, 1.82) is 0 Å². The average molecular weight is 290 g/mol. The Labute approximate surface area is 122 Å². The number of nitrogens with one attached hydrogen (secondary N) is 2. The smallest absolute Gasteiger partial charge is 0.307 e. The molecule has 6 heteroatoms. The molecule has 0 saturated heterocycles. The number of amides is 2. The molecular weight excluding hydrogens is 272 g/mol. The lowest BCUT2D eigenvalue weighted by molar-refractivity contribution is -0.151. The summed E-state index contributed by atoms with van der Waals surface area (Å²) in [6.07, 6.45) is 1.13. The molecule has 2 rings (SSSR count). The number of rotatable bonds is 4. The number of carbonyl (C=O) groups is 3. The summed E-state index contributed by atoms with van der Waals surface area (Å²) in [4.78, 5) is 34.1. The summed E-state index contributed by atoms with van der Waals surface area (Å²) >= 11 is 0. The predicted molar refractivity (Wildman–Crippen MR) is 78.0 cm³/mol. The van der Waals surface area contributed by atoms with Crippen molar-refractivity contribution in [3.63, 3.8) is 0 Å². The first-order valence-electron chi connectivity index (χ1n) is 6.80. The zero-order valence-corrected chi connectivity index (χ0v) is 12.0. The molecule has 1 aromatic rings. The van der Waals surface area contributed by atoms with E-state index in [-0.39, 0.29) is 11.8 Å². The molecule has 2 amide bonds. The summed E-state index contributed by atoms with van der Waals surface area (Å²) in [6.45, 7) is 3.24. The van der Waals surface area contributed by atoms with E-state index in [4.69, 9.17) is 5.11 Å². The Hall–Kier alpha value is -2.37. The number of carbonyl (C=O) groups excluding carboxylic acids is 2. The third-order valence-electron chi connectivity index (χ3n) is 3.74. The van der Waals surface area contributed by atoms with E-state index in [1.807, 2.05) is 6.92 Å². The molecule has 1 fully saturated rings. The van der Waals surface area contributed by atoms with E-state index in [9.17, 15) is 14.4 Å². The average Bonchev–Trinajstić information content (AvgIpc) is 2.30. The van der Waals surface area contributed by atoms with Crippen LogP contribution in [0.3, 0.4) is 0 Å². The highest BCUT2D eigenvalue weighted by Crippen LogP contribution is 2.35. The Morgan fingerprint density at radius 1 is 1.14 bits per heavy atom. The molecule has 0 bridgehead atoms. The van der Waals surface area contributed by atoms with Crippen molar-refractivity contribution in [2.45, 2.75) is 26.7 Å². The van der Waals surface area contributed by atoms with E-state index in [0.29, 0.717) is 24.2 Å². The standard InChI is InChI=1S/C15H18N2O4/c1-8-3-4-10(16-9(2)18)7-13(8)17-14(19)11-5-6-12(11)15(20)21/h3-4,7,11-12H,5-6H2,1-2H3,(H,16,18)(H,17,19)(H,20,21). The lowest BCUT2D eigenvalue weighted by Crippen LogP contribution is -2.41. The van der Waals surface area contributed by atoms with Gasteiger partial charge in [-0.15, -0.1) is 0 Å². The fraction of sp³-hybridized carbons (Fsp3) is 0.400. The molecule has 1 aromatic carbocycles. The number of hydrogen-bond acceptors (Lipinski definition) is 3. The Bertz CT molecular complexity index is 597. The van der Waals surface area contributed by atoms with Gasteiger partial charge in [0.1, 0.15) is 0 Å². The topological polar surface area (TPSA) is 95.5 Å². The lowest BCUT2D eigenvalue weighted by Gasteiger charge is -2.32. The Morgan fingerprint density at radius 2 is 1.81 bits per heavy atom. The largest absolute Gasteiger partial charge is 0.481 e. The summed E-state index contributed by atoms with van der Waals surface area (Å²) in [5, 5.41) is 14.4. The molecule has 112 valence electrons. The van der Waals surface area contributed by atoms with Crippen LogP contribution in [0.25, 0.3) is 0 Å². The third-order valence-corrected chi connectivity index (χ3v) is 3.74. The van der Waals surface area contributed by atoms with Crippen LogP contribution in [-0.2, 0) is 14.4 Å². The van der Waals surface area contributed by atoms with Crippen LogP contribution in [0.15, 0.2) is 18.2 Å². The minimum Gasteiger partial charge on any atom is -0.481 e. The van der Waals surface area contributed by atoms with Crippen molar-refractivity contribution < 1.29 is 19.5 Å². The number of aryl methyl sites for hydroxylation is 1. The van der Waals surface area contributed by atoms with Crippen LogP contribution in [-0.4, -0.2) is 22.9 Å². The Morgan fingerprint density at radius 3 is 2.33 bits per heavy atom. The third kappa shape index (κ3) is 3.39. The molecule has 1 aliphatic carbocycles. The molecule has 6 nitrogen and oxygen atoms in total. The minimum atomic E-state index is -0.926. The van der Waals surface area contributed by atoms with E-state index >= 15 is 0 Å². The summed E-state index contributed by atoms with van der Waals surface area (Å²) < 4.78 is 0. The zero-order valence-electron chi connectivity index (χ0n) is 12.0. The summed E-state index contributed by atoms with van der Waals surface area (Å²) in [7, 11) is 0. The van der Waals surface area contributed by atoms with Gasteiger partial charge in [-0.25, -0.2) is 0 Å². The molecule has 2 atom stereocenters. The molecule has 0 aliphatic heterocycles. The van der Waals surface area contributed by atoms with Gasteiger partial charge < -0.3 is 15.7 Å². The van der Waals surface area contributed by atoms with Gasteiger partial charge in [-0.2, -0.15) is 0 Å². The molecule has 21 heavy (non-hydrogen) atoms. The van der Waals surface area contributed by atoms with Crippen LogP contribution in [0.5, 0.6) is 0 Å². The Kier molecular flexibility index (Phi) is 4.26. The summed E-state index contributed by atoms with van der Waals surface area (Å²) in [6, 6.07) is 5.20. The van der Waals surface area contributed by atoms with Crippen LogP contribution in [0.1, 0.15) is 25.3 Å². The SMILES string of the molecule is CC(=O)Nc1ccc(C)c(NC(=O)C2CCC2C(=O)O)c1. The maximum absolute atomic E-state index is 12.1. The van der Waals surface area contributed by atoms with Crippen molar-refractivity contribution in [2.75, 3.05) is 10.6 Å². The molecule has 1 saturated carbocycles. The number of carboxylic acid groups (broad SMARTS) is 1. The summed E-state index contributed by atoms with van der Waals surface area (Å²) in [5.41, 5.74) is 2.03. The molecule has 0 aromatic heterocycles. The van der Waals surface area contributed by atoms with Gasteiger partial charge in [-0.3, -0.25) is 14.4 Å². The highest BCUT2D eigenvalue weighted by atomic mass is 16.4. The van der Waals surface area contributed by atoms with Crippen molar-refractivity contribution in [3.05, 3.63) is 23.8 Å². The molecular formula is C15H18N2O4. The first-order valence-corrected chi connectivity index (χ1v) is 6.80. The van der Waals surface area contributed by atoms with E-state index in [2.05, 4.69) is 10.6 Å². The highest BCUT2D eigenvalue weighted by molar-refractivity contribution is 5.97. The van der Waals surface area contributed by atoms with Crippen LogP contribution in [0.2, 0.25) is 0 Å². The van der Waals surface area contributed by atoms with E-state index in [1.54, 1.807) is 18.2 Å². The molecule has 3 N–H and O–H groups in total. The van der Waals surface area contributed by atoms with Crippen molar-refractivity contribution in [3.8, 4) is 0 Å². The van der Waals surface area contributed by atoms with Gasteiger partial charge in [0, 0.05) is 18.3 Å². The molecule has 0 heterocycles. The van der Waals surface area contributed by atoms with E-state index < -0.39 is 17.8 Å². The second-order valence-electron chi connectivity index (χ2n) is 5.33. The first-order chi connectivity index (χ1) is 9.88. The monoisotopic (exact) mass is 290 g/mol. The van der Waals surface area contributed by atoms with Gasteiger partial charge in [0.25, 0.3) is 0 Å². The highest BCUT2D eigenvalue weighted by Gasteiger charge is 2.41. The van der Waals surface area contributed by atoms with Gasteiger partial charge in [0.15, 0.2) is 0 Å². The van der Waals surface area contributed by atoms with Crippen LogP contribution < -0.4 is 10.6 Å². The van der Waals surface area contributed by atoms with Crippen molar-refractivity contribution in [1.82, 2.24) is 0 Å². The second-order valence-corrected chi connectivity index (χ2v) is 5.33. The van der Waals surface area contributed by atoms with E-state index in [1.165, 1.54) is 6.92 Å². The zero-order chi connectivity index (χ0) is 15.6. The quantitative estimate of drug-likeness (QED) is 0.790. The number of anilines is 2. The first kappa shape index (κ1) is 15.0. The predicted octanol–water partition coefficient (Wildman–Crippen LogP) is 2.00. The fourth-order valence-electron chi connectivity index (χ4n) is 2.37. The van der Waals surface area contributed by atoms with Crippen molar-refractivity contribution in [2.24, 2.45) is 11.8 Å². The fourth-order valence-corrected chi connectivity index (χ4v) is 2.37. The molecule has 0 spiro atoms. The van der Waals surface area contributed by atoms with Gasteiger partial charge >= 0.3 is 5.97 Å². The lowest BCUT2D eigenvalue weighted by atomic mass is 9.73. The minimum absolute atomic E-state index is 0.193. The van der Waals surface area contributed by atoms with Crippen LogP contribution in [0.4, 0.5) is 11.4 Å². The van der Waals surface area contributed by atoms with Gasteiger partial charge in [-0.05, 0) is 37.5 Å². The molecule has 2 unspecified atom stereocenters. The van der Waals surface area contributed by atoms with Crippen molar-refractivity contribution >= 4 is 29.2 Å². The number of aliphatic carboxylic acids is 1. The molecule has 1 aliphatic rings.